The molecule has 0 saturated heterocycles. The van der Waals surface area contributed by atoms with Crippen molar-refractivity contribution >= 4 is 39.3 Å². The first-order valence-corrected chi connectivity index (χ1v) is 15.0. The van der Waals surface area contributed by atoms with Gasteiger partial charge in [0.05, 0.1) is 36.1 Å². The number of allylic oxidation sites excluding steroid dienone is 1. The first-order chi connectivity index (χ1) is 19.9. The Balaban J connectivity index is 1.97. The number of methoxy groups -OCH3 is 1. The summed E-state index contributed by atoms with van der Waals surface area (Å²) in [6.07, 6.45) is 4.78. The van der Waals surface area contributed by atoms with E-state index in [0.717, 1.165) is 16.5 Å². The summed E-state index contributed by atoms with van der Waals surface area (Å²) in [5.41, 5.74) is 2.09. The van der Waals surface area contributed by atoms with Crippen molar-refractivity contribution in [3.63, 3.8) is 0 Å². The third-order valence-corrected chi connectivity index (χ3v) is 7.78. The number of halogens is 1. The third kappa shape index (κ3) is 6.49. The lowest BCUT2D eigenvalue weighted by atomic mass is 9.93. The average Bonchev–Trinajstić information content (AvgIpc) is 3.26. The Morgan fingerprint density at radius 3 is 2.56 bits per heavy atom. The van der Waals surface area contributed by atoms with Gasteiger partial charge in [0.2, 0.25) is 0 Å². The molecule has 1 aliphatic heterocycles. The van der Waals surface area contributed by atoms with Gasteiger partial charge in [-0.1, -0.05) is 59.3 Å². The van der Waals surface area contributed by atoms with Crippen LogP contribution >= 0.6 is 27.3 Å². The molecule has 2 heterocycles. The van der Waals surface area contributed by atoms with Crippen LogP contribution in [0.4, 0.5) is 0 Å². The maximum atomic E-state index is 14.1. The number of fused-ring (bicyclic) bond motifs is 1. The molecule has 216 valence electrons. The van der Waals surface area contributed by atoms with Gasteiger partial charge in [0, 0.05) is 10.0 Å². The van der Waals surface area contributed by atoms with Crippen molar-refractivity contribution in [1.29, 1.82) is 0 Å². The van der Waals surface area contributed by atoms with E-state index in [2.05, 4.69) is 22.5 Å². The largest absolute Gasteiger partial charge is 0.496 e. The van der Waals surface area contributed by atoms with Crippen molar-refractivity contribution in [3.05, 3.63) is 95.6 Å². The van der Waals surface area contributed by atoms with Gasteiger partial charge in [-0.25, -0.2) is 9.79 Å². The second-order valence-electron chi connectivity index (χ2n) is 9.04. The van der Waals surface area contributed by atoms with Crippen molar-refractivity contribution in [2.45, 2.75) is 39.7 Å². The predicted molar refractivity (Wildman–Crippen MR) is 164 cm³/mol. The van der Waals surface area contributed by atoms with Crippen LogP contribution in [0.15, 0.2) is 74.6 Å². The second kappa shape index (κ2) is 13.8. The molecule has 0 amide bonds. The summed E-state index contributed by atoms with van der Waals surface area (Å²) in [4.78, 5) is 32.8. The molecular formula is C31H33BrN2O6S. The number of rotatable bonds is 12. The molecule has 0 aliphatic carbocycles. The highest BCUT2D eigenvalue weighted by molar-refractivity contribution is 9.10. The van der Waals surface area contributed by atoms with E-state index in [1.807, 2.05) is 50.2 Å². The zero-order chi connectivity index (χ0) is 29.5. The summed E-state index contributed by atoms with van der Waals surface area (Å²) in [7, 11) is 1.57. The smallest absolute Gasteiger partial charge is 0.338 e. The molecule has 2 aromatic carbocycles. The molecule has 0 saturated carbocycles. The molecule has 0 fully saturated rings. The van der Waals surface area contributed by atoms with Crippen LogP contribution in [0.2, 0.25) is 0 Å². The third-order valence-electron chi connectivity index (χ3n) is 6.30. The van der Waals surface area contributed by atoms with Gasteiger partial charge in [0.1, 0.15) is 18.4 Å². The van der Waals surface area contributed by atoms with Gasteiger partial charge in [0.25, 0.3) is 5.56 Å². The number of nitrogens with zero attached hydrogens (tertiary/aromatic N) is 2. The number of hydrogen-bond acceptors (Lipinski definition) is 8. The SMILES string of the molecule is C=CCOc1ccc(/C=c2/sc3n(c2=O)[C@H](c2cc(Br)ccc2OC)C(C(=O)OCC)=C(CCC)N=3)cc1OCC. The monoisotopic (exact) mass is 640 g/mol. The number of thiazole rings is 1. The Morgan fingerprint density at radius 1 is 1.10 bits per heavy atom. The van der Waals surface area contributed by atoms with Crippen molar-refractivity contribution in [1.82, 2.24) is 4.57 Å². The van der Waals surface area contributed by atoms with E-state index in [4.69, 9.17) is 23.9 Å². The summed E-state index contributed by atoms with van der Waals surface area (Å²) < 4.78 is 25.5. The van der Waals surface area contributed by atoms with E-state index in [-0.39, 0.29) is 12.2 Å². The molecule has 0 bridgehead atoms. The Bertz CT molecular complexity index is 1660. The van der Waals surface area contributed by atoms with Gasteiger partial charge in [-0.15, -0.1) is 0 Å². The molecule has 8 nitrogen and oxygen atoms in total. The van der Waals surface area contributed by atoms with Gasteiger partial charge in [0.15, 0.2) is 16.3 Å². The molecule has 3 aromatic rings. The molecular weight excluding hydrogens is 608 g/mol. The number of aromatic nitrogens is 1. The van der Waals surface area contributed by atoms with E-state index in [9.17, 15) is 9.59 Å². The number of hydrogen-bond donors (Lipinski definition) is 0. The van der Waals surface area contributed by atoms with Crippen LogP contribution in [0.1, 0.15) is 50.8 Å². The van der Waals surface area contributed by atoms with Gasteiger partial charge < -0.3 is 18.9 Å². The highest BCUT2D eigenvalue weighted by Crippen LogP contribution is 2.38. The minimum absolute atomic E-state index is 0.198. The molecule has 0 unspecified atom stereocenters. The Morgan fingerprint density at radius 2 is 1.88 bits per heavy atom. The lowest BCUT2D eigenvalue weighted by Gasteiger charge is -2.27. The molecule has 41 heavy (non-hydrogen) atoms. The van der Waals surface area contributed by atoms with E-state index in [0.29, 0.717) is 63.1 Å². The lowest BCUT2D eigenvalue weighted by Crippen LogP contribution is -2.40. The van der Waals surface area contributed by atoms with Crippen LogP contribution < -0.4 is 29.1 Å². The molecule has 0 spiro atoms. The summed E-state index contributed by atoms with van der Waals surface area (Å²) in [6, 6.07) is 10.3. The number of carbonyl (C=O) groups excluding carboxylic acids is 1. The van der Waals surface area contributed by atoms with Gasteiger partial charge >= 0.3 is 5.97 Å². The van der Waals surface area contributed by atoms with Crippen LogP contribution in [0.5, 0.6) is 17.2 Å². The van der Waals surface area contributed by atoms with Crippen LogP contribution in [-0.2, 0) is 9.53 Å². The quantitative estimate of drug-likeness (QED) is 0.197. The molecule has 1 aliphatic rings. The van der Waals surface area contributed by atoms with Crippen molar-refractivity contribution < 1.29 is 23.7 Å². The number of esters is 1. The Labute approximate surface area is 251 Å². The molecule has 4 rings (SSSR count). The van der Waals surface area contributed by atoms with Gasteiger partial charge in [-0.05, 0) is 62.2 Å². The second-order valence-corrected chi connectivity index (χ2v) is 11.0. The highest BCUT2D eigenvalue weighted by Gasteiger charge is 2.36. The normalized spacial score (nSPS) is 14.8. The molecule has 1 aromatic heterocycles. The highest BCUT2D eigenvalue weighted by atomic mass is 79.9. The van der Waals surface area contributed by atoms with Crippen molar-refractivity contribution in [2.24, 2.45) is 4.99 Å². The van der Waals surface area contributed by atoms with Gasteiger partial charge in [-0.3, -0.25) is 9.36 Å². The molecule has 0 radical (unpaired) electrons. The van der Waals surface area contributed by atoms with Crippen LogP contribution in [0.25, 0.3) is 6.08 Å². The minimum Gasteiger partial charge on any atom is -0.496 e. The van der Waals surface area contributed by atoms with E-state index < -0.39 is 12.0 Å². The number of ether oxygens (including phenoxy) is 4. The van der Waals surface area contributed by atoms with Gasteiger partial charge in [-0.2, -0.15) is 0 Å². The fraction of sp³-hybridized carbons (Fsp3) is 0.323. The topological polar surface area (TPSA) is 88.4 Å². The van der Waals surface area contributed by atoms with E-state index in [1.165, 1.54) is 11.3 Å². The zero-order valence-electron chi connectivity index (χ0n) is 23.6. The van der Waals surface area contributed by atoms with Crippen molar-refractivity contribution in [3.8, 4) is 17.2 Å². The molecule has 0 N–H and O–H groups in total. The van der Waals surface area contributed by atoms with E-state index in [1.54, 1.807) is 30.8 Å². The fourth-order valence-corrected chi connectivity index (χ4v) is 6.03. The maximum absolute atomic E-state index is 14.1. The lowest BCUT2D eigenvalue weighted by molar-refractivity contribution is -0.139. The predicted octanol–water partition coefficient (Wildman–Crippen LogP) is 5.31. The van der Waals surface area contributed by atoms with Crippen LogP contribution in [0.3, 0.4) is 0 Å². The van der Waals surface area contributed by atoms with Crippen molar-refractivity contribution in [2.75, 3.05) is 26.9 Å². The minimum atomic E-state index is -0.782. The fourth-order valence-electron chi connectivity index (χ4n) is 4.64. The first kappa shape index (κ1) is 30.3. The molecule has 10 heteroatoms. The Hall–Kier alpha value is -3.63. The summed E-state index contributed by atoms with van der Waals surface area (Å²) in [5, 5.41) is 0. The Kier molecular flexibility index (Phi) is 10.2. The summed E-state index contributed by atoms with van der Waals surface area (Å²) in [6.45, 7) is 10.4. The number of carbonyl (C=O) groups is 1. The molecule has 1 atom stereocenters. The number of benzene rings is 2. The van der Waals surface area contributed by atoms with E-state index >= 15 is 0 Å². The maximum Gasteiger partial charge on any atom is 0.338 e. The first-order valence-electron chi connectivity index (χ1n) is 13.4. The average molecular weight is 642 g/mol. The van der Waals surface area contributed by atoms with Crippen LogP contribution in [-0.4, -0.2) is 37.5 Å². The van der Waals surface area contributed by atoms with Crippen LogP contribution in [0, 0.1) is 0 Å². The standard InChI is InChI=1S/C31H33BrN2O6S/c1-6-10-22-27(30(36)39-9-4)28(21-18-20(32)12-14-23(21)37-5)34-29(35)26(41-31(34)33-22)17-19-11-13-24(40-15-7-2)25(16-19)38-8-3/h7,11-14,16-18,28H,2,6,8-10,15H2,1,3-5H3/b26-17+/t28-/m1/s1. The summed E-state index contributed by atoms with van der Waals surface area (Å²) >= 11 is 4.82. The summed E-state index contributed by atoms with van der Waals surface area (Å²) in [5.74, 6) is 1.21. The zero-order valence-corrected chi connectivity index (χ0v) is 26.0.